The maximum atomic E-state index is 13.3. The van der Waals surface area contributed by atoms with E-state index < -0.39 is 27.9 Å². The molecule has 0 aliphatic carbocycles. The summed E-state index contributed by atoms with van der Waals surface area (Å²) in [5, 5.41) is 0.399. The molecule has 0 heterocycles. The first-order chi connectivity index (χ1) is 8.17. The molecule has 0 fully saturated rings. The van der Waals surface area contributed by atoms with Gasteiger partial charge in [-0.25, -0.2) is 8.78 Å². The minimum atomic E-state index is -1.34. The Bertz CT molecular complexity index is 343. The summed E-state index contributed by atoms with van der Waals surface area (Å²) in [6, 6.07) is 3.46. The number of hydrogen-bond donors (Lipinski definition) is 0. The predicted molar refractivity (Wildman–Crippen MR) is 62.7 cm³/mol. The first-order valence-electron chi connectivity index (χ1n) is 5.46. The topological polar surface area (TPSA) is 27.7 Å². The first kappa shape index (κ1) is 14.2. The minimum absolute atomic E-state index is 0.399. The average molecular weight is 262 g/mol. The van der Waals surface area contributed by atoms with Gasteiger partial charge in [-0.1, -0.05) is 6.07 Å². The van der Waals surface area contributed by atoms with Crippen LogP contribution in [0.15, 0.2) is 18.2 Å². The van der Waals surface area contributed by atoms with Crippen LogP contribution in [0.2, 0.25) is 0 Å². The SMILES string of the molecule is CCOC(OCC)O[SiH2]c1ccc(F)cc1F. The van der Waals surface area contributed by atoms with Crippen LogP contribution in [0.4, 0.5) is 8.78 Å². The average Bonchev–Trinajstić information content (AvgIpc) is 2.28. The molecule has 0 aliphatic heterocycles. The summed E-state index contributed by atoms with van der Waals surface area (Å²) in [5.41, 5.74) is 0. The van der Waals surface area contributed by atoms with Crippen LogP contribution < -0.4 is 5.19 Å². The van der Waals surface area contributed by atoms with Crippen molar-refractivity contribution >= 4 is 14.9 Å². The van der Waals surface area contributed by atoms with Crippen molar-refractivity contribution in [2.75, 3.05) is 13.2 Å². The molecule has 96 valence electrons. The van der Waals surface area contributed by atoms with Crippen molar-refractivity contribution in [3.8, 4) is 0 Å². The van der Waals surface area contributed by atoms with Gasteiger partial charge in [0.25, 0.3) is 6.48 Å². The molecule has 0 saturated heterocycles. The highest BCUT2D eigenvalue weighted by Crippen LogP contribution is 2.01. The predicted octanol–water partition coefficient (Wildman–Crippen LogP) is 1.05. The summed E-state index contributed by atoms with van der Waals surface area (Å²) < 4.78 is 41.7. The fourth-order valence-electron chi connectivity index (χ4n) is 1.21. The monoisotopic (exact) mass is 262 g/mol. The first-order valence-corrected chi connectivity index (χ1v) is 6.74. The zero-order valence-corrected chi connectivity index (χ0v) is 11.3. The normalized spacial score (nSPS) is 11.8. The van der Waals surface area contributed by atoms with E-state index in [1.165, 1.54) is 12.1 Å². The molecule has 3 nitrogen and oxygen atoms in total. The molecule has 17 heavy (non-hydrogen) atoms. The zero-order valence-electron chi connectivity index (χ0n) is 9.91. The van der Waals surface area contributed by atoms with Gasteiger partial charge in [0, 0.05) is 19.3 Å². The van der Waals surface area contributed by atoms with E-state index in [4.69, 9.17) is 13.9 Å². The largest absolute Gasteiger partial charge is 0.373 e. The summed E-state index contributed by atoms with van der Waals surface area (Å²) in [6.45, 7) is 3.77. The quantitative estimate of drug-likeness (QED) is 0.543. The van der Waals surface area contributed by atoms with Crippen LogP contribution in [0.5, 0.6) is 0 Å². The molecular weight excluding hydrogens is 246 g/mol. The molecule has 1 aromatic carbocycles. The Hall–Kier alpha value is -0.823. The number of benzene rings is 1. The molecule has 0 saturated carbocycles. The Labute approximate surface area is 102 Å². The molecule has 0 aliphatic rings. The molecule has 0 aromatic heterocycles. The summed E-state index contributed by atoms with van der Waals surface area (Å²) in [4.78, 5) is 0. The van der Waals surface area contributed by atoms with Crippen molar-refractivity contribution in [3.05, 3.63) is 29.8 Å². The molecule has 0 amide bonds. The molecule has 1 aromatic rings. The van der Waals surface area contributed by atoms with Gasteiger partial charge >= 0.3 is 0 Å². The van der Waals surface area contributed by atoms with Gasteiger partial charge in [0.15, 0.2) is 0 Å². The van der Waals surface area contributed by atoms with Crippen molar-refractivity contribution in [2.24, 2.45) is 0 Å². The second-order valence-corrected chi connectivity index (χ2v) is 4.63. The van der Waals surface area contributed by atoms with Crippen molar-refractivity contribution in [1.29, 1.82) is 0 Å². The molecule has 0 bridgehead atoms. The van der Waals surface area contributed by atoms with E-state index in [0.717, 1.165) is 6.07 Å². The summed E-state index contributed by atoms with van der Waals surface area (Å²) in [6.07, 6.45) is 0. The second kappa shape index (κ2) is 7.49. The second-order valence-electron chi connectivity index (χ2n) is 3.25. The van der Waals surface area contributed by atoms with Crippen molar-refractivity contribution in [1.82, 2.24) is 0 Å². The molecule has 1 rings (SSSR count). The van der Waals surface area contributed by atoms with Crippen LogP contribution in [0.1, 0.15) is 13.8 Å². The van der Waals surface area contributed by atoms with Crippen LogP contribution in [-0.2, 0) is 13.9 Å². The van der Waals surface area contributed by atoms with Crippen LogP contribution in [0.25, 0.3) is 0 Å². The highest BCUT2D eigenvalue weighted by molar-refractivity contribution is 6.47. The molecule has 0 atom stereocenters. The van der Waals surface area contributed by atoms with Gasteiger partial charge in [0.05, 0.1) is 0 Å². The Morgan fingerprint density at radius 2 is 1.82 bits per heavy atom. The Morgan fingerprint density at radius 3 is 2.35 bits per heavy atom. The Balaban J connectivity index is 2.52. The van der Waals surface area contributed by atoms with Gasteiger partial charge in [-0.05, 0) is 25.1 Å². The van der Waals surface area contributed by atoms with Crippen LogP contribution in [0, 0.1) is 11.6 Å². The molecule has 0 N–H and O–H groups in total. The smallest absolute Gasteiger partial charge is 0.261 e. The standard InChI is InChI=1S/C11H16F2O3Si/c1-3-14-11(15-4-2)16-17-10-6-5-8(12)7-9(10)13/h5-7,11H,3-4,17H2,1-2H3. The van der Waals surface area contributed by atoms with Crippen LogP contribution in [-0.4, -0.2) is 29.5 Å². The van der Waals surface area contributed by atoms with Crippen molar-refractivity contribution in [2.45, 2.75) is 20.3 Å². The molecule has 6 heteroatoms. The van der Waals surface area contributed by atoms with Crippen molar-refractivity contribution < 1.29 is 22.7 Å². The lowest BCUT2D eigenvalue weighted by molar-refractivity contribution is -0.242. The Morgan fingerprint density at radius 1 is 1.18 bits per heavy atom. The lowest BCUT2D eigenvalue weighted by atomic mass is 10.3. The summed E-state index contributed by atoms with van der Waals surface area (Å²) >= 11 is 0. The fraction of sp³-hybridized carbons (Fsp3) is 0.455. The van der Waals surface area contributed by atoms with Gasteiger partial charge in [-0.3, -0.25) is 0 Å². The zero-order chi connectivity index (χ0) is 12.7. The van der Waals surface area contributed by atoms with Gasteiger partial charge in [0.1, 0.15) is 11.6 Å². The number of rotatable bonds is 7. The van der Waals surface area contributed by atoms with E-state index in [1.807, 2.05) is 13.8 Å². The lowest BCUT2D eigenvalue weighted by Crippen LogP contribution is -2.30. The third-order valence-corrected chi connectivity index (χ3v) is 3.32. The maximum absolute atomic E-state index is 13.3. The summed E-state index contributed by atoms with van der Waals surface area (Å²) in [5.74, 6) is -1.17. The molecule has 0 spiro atoms. The van der Waals surface area contributed by atoms with Crippen molar-refractivity contribution in [3.63, 3.8) is 0 Å². The molecule has 0 unspecified atom stereocenters. The van der Waals surface area contributed by atoms with Crippen LogP contribution in [0.3, 0.4) is 0 Å². The molecule has 0 radical (unpaired) electrons. The summed E-state index contributed by atoms with van der Waals surface area (Å²) in [7, 11) is -1.34. The van der Waals surface area contributed by atoms with E-state index in [2.05, 4.69) is 0 Å². The highest BCUT2D eigenvalue weighted by Gasteiger charge is 2.11. The third-order valence-electron chi connectivity index (χ3n) is 2.00. The Kier molecular flexibility index (Phi) is 6.28. The van der Waals surface area contributed by atoms with E-state index in [1.54, 1.807) is 0 Å². The fourth-order valence-corrected chi connectivity index (χ4v) is 2.18. The van der Waals surface area contributed by atoms with Gasteiger partial charge < -0.3 is 13.9 Å². The minimum Gasteiger partial charge on any atom is -0.373 e. The van der Waals surface area contributed by atoms with Gasteiger partial charge in [0.2, 0.25) is 9.76 Å². The van der Waals surface area contributed by atoms with E-state index >= 15 is 0 Å². The van der Waals surface area contributed by atoms with Gasteiger partial charge in [-0.15, -0.1) is 0 Å². The number of ether oxygens (including phenoxy) is 2. The number of hydrogen-bond acceptors (Lipinski definition) is 3. The van der Waals surface area contributed by atoms with Crippen LogP contribution >= 0.6 is 0 Å². The van der Waals surface area contributed by atoms with E-state index in [0.29, 0.717) is 18.4 Å². The number of halogens is 2. The van der Waals surface area contributed by atoms with E-state index in [9.17, 15) is 8.78 Å². The lowest BCUT2D eigenvalue weighted by Gasteiger charge is -2.17. The molecular formula is C11H16F2O3Si. The van der Waals surface area contributed by atoms with E-state index in [-0.39, 0.29) is 0 Å². The third kappa shape index (κ3) is 4.91. The highest BCUT2D eigenvalue weighted by atomic mass is 28.2. The van der Waals surface area contributed by atoms with Gasteiger partial charge in [-0.2, -0.15) is 0 Å². The maximum Gasteiger partial charge on any atom is 0.261 e.